The predicted molar refractivity (Wildman–Crippen MR) is 51.9 cm³/mol. The van der Waals surface area contributed by atoms with Gasteiger partial charge in [-0.05, 0) is 31.2 Å². The number of hydrogen-bond donors (Lipinski definition) is 1. The van der Waals surface area contributed by atoms with E-state index in [-0.39, 0.29) is 5.56 Å². The molecule has 0 aromatic carbocycles. The lowest BCUT2D eigenvalue weighted by molar-refractivity contribution is -0.0560. The Hall–Kier alpha value is -0.480. The highest BCUT2D eigenvalue weighted by Gasteiger charge is 2.35. The van der Waals surface area contributed by atoms with Gasteiger partial charge in [0.15, 0.2) is 0 Å². The summed E-state index contributed by atoms with van der Waals surface area (Å²) >= 11 is 1.40. The van der Waals surface area contributed by atoms with E-state index in [0.717, 1.165) is 36.1 Å². The van der Waals surface area contributed by atoms with Crippen LogP contribution in [0.3, 0.4) is 0 Å². The average molecular weight is 218 g/mol. The maximum Gasteiger partial charge on any atom is 0.296 e. The molecule has 78 valence electrons. The monoisotopic (exact) mass is 218 g/mol. The topological polar surface area (TPSA) is 20.2 Å². The molecule has 1 nitrogen and oxygen atoms in total. The van der Waals surface area contributed by atoms with Crippen LogP contribution in [0.25, 0.3) is 0 Å². The smallest absolute Gasteiger partial charge is 0.296 e. The molecule has 0 unspecified atom stereocenters. The normalized spacial score (nSPS) is 16.8. The van der Waals surface area contributed by atoms with E-state index < -0.39 is 12.5 Å². The molecule has 0 spiro atoms. The zero-order valence-electron chi connectivity index (χ0n) is 7.72. The van der Waals surface area contributed by atoms with Crippen molar-refractivity contribution in [2.45, 2.75) is 31.6 Å². The summed E-state index contributed by atoms with van der Waals surface area (Å²) in [6.07, 6.45) is 3.74. The summed E-state index contributed by atoms with van der Waals surface area (Å²) in [4.78, 5) is 1.08. The third-order valence-corrected chi connectivity index (χ3v) is 3.74. The zero-order valence-corrected chi connectivity index (χ0v) is 8.54. The van der Waals surface area contributed by atoms with E-state index in [1.54, 1.807) is 0 Å². The lowest BCUT2D eigenvalue weighted by Gasteiger charge is -2.17. The summed E-state index contributed by atoms with van der Waals surface area (Å²) in [5.41, 5.74) is 0.847. The molecule has 0 radical (unpaired) electrons. The number of aliphatic hydroxyl groups excluding tert-OH is 1. The van der Waals surface area contributed by atoms with Crippen LogP contribution in [0.1, 0.15) is 28.8 Å². The summed E-state index contributed by atoms with van der Waals surface area (Å²) in [6, 6.07) is 0. The number of thiophene rings is 1. The van der Waals surface area contributed by atoms with Crippen LogP contribution in [-0.2, 0) is 18.8 Å². The predicted octanol–water partition coefficient (Wildman–Crippen LogP) is 2.71. The van der Waals surface area contributed by atoms with Gasteiger partial charge in [0.1, 0.15) is 6.61 Å². The van der Waals surface area contributed by atoms with Gasteiger partial charge in [-0.2, -0.15) is 8.78 Å². The molecular weight excluding hydrogens is 206 g/mol. The number of rotatable bonds is 2. The summed E-state index contributed by atoms with van der Waals surface area (Å²) in [6.45, 7) is -1.09. The number of alkyl halides is 2. The minimum Gasteiger partial charge on any atom is -0.390 e. The molecule has 1 aliphatic rings. The van der Waals surface area contributed by atoms with Crippen LogP contribution < -0.4 is 0 Å². The lowest BCUT2D eigenvalue weighted by atomic mass is 9.94. The molecule has 1 aliphatic carbocycles. The van der Waals surface area contributed by atoms with Crippen molar-refractivity contribution in [3.05, 3.63) is 21.4 Å². The lowest BCUT2D eigenvalue weighted by Crippen LogP contribution is -2.20. The fraction of sp³-hybridized carbons (Fsp3) is 0.600. The summed E-state index contributed by atoms with van der Waals surface area (Å²) in [5, 5.41) is 10.1. The molecule has 0 amide bonds. The summed E-state index contributed by atoms with van der Waals surface area (Å²) in [5.74, 6) is -3.05. The van der Waals surface area contributed by atoms with E-state index in [4.69, 9.17) is 5.11 Å². The number of aliphatic hydroxyl groups is 1. The van der Waals surface area contributed by atoms with Crippen LogP contribution in [0.4, 0.5) is 8.78 Å². The summed E-state index contributed by atoms with van der Waals surface area (Å²) < 4.78 is 26.5. The Morgan fingerprint density at radius 2 is 2.07 bits per heavy atom. The fourth-order valence-electron chi connectivity index (χ4n) is 1.89. The Kier molecular flexibility index (Phi) is 2.58. The number of hydrogen-bond acceptors (Lipinski definition) is 2. The number of fused-ring (bicyclic) bond motifs is 1. The van der Waals surface area contributed by atoms with Crippen LogP contribution >= 0.6 is 11.3 Å². The Balaban J connectivity index is 2.39. The highest BCUT2D eigenvalue weighted by Crippen LogP contribution is 2.38. The molecule has 0 saturated heterocycles. The van der Waals surface area contributed by atoms with Crippen molar-refractivity contribution >= 4 is 11.3 Å². The van der Waals surface area contributed by atoms with Crippen LogP contribution in [0, 0.1) is 0 Å². The van der Waals surface area contributed by atoms with E-state index in [0.29, 0.717) is 0 Å². The standard InChI is InChI=1S/C10H12F2OS/c11-10(12,6-13)8-5-14-9-4-2-1-3-7(8)9/h5,13H,1-4,6H2. The molecule has 14 heavy (non-hydrogen) atoms. The van der Waals surface area contributed by atoms with E-state index in [1.165, 1.54) is 16.7 Å². The Morgan fingerprint density at radius 1 is 1.36 bits per heavy atom. The van der Waals surface area contributed by atoms with Crippen LogP contribution in [0.2, 0.25) is 0 Å². The van der Waals surface area contributed by atoms with E-state index in [9.17, 15) is 8.78 Å². The van der Waals surface area contributed by atoms with Gasteiger partial charge < -0.3 is 5.11 Å². The molecule has 0 atom stereocenters. The second-order valence-corrected chi connectivity index (χ2v) is 4.58. The van der Waals surface area contributed by atoms with E-state index >= 15 is 0 Å². The van der Waals surface area contributed by atoms with Crippen molar-refractivity contribution in [3.8, 4) is 0 Å². The average Bonchev–Trinajstić information content (AvgIpc) is 2.61. The van der Waals surface area contributed by atoms with Crippen molar-refractivity contribution in [1.29, 1.82) is 0 Å². The first-order chi connectivity index (χ1) is 6.65. The van der Waals surface area contributed by atoms with Crippen molar-refractivity contribution in [2.75, 3.05) is 6.61 Å². The highest BCUT2D eigenvalue weighted by molar-refractivity contribution is 7.10. The maximum atomic E-state index is 13.3. The largest absolute Gasteiger partial charge is 0.390 e. The molecule has 0 saturated carbocycles. The van der Waals surface area contributed by atoms with E-state index in [1.807, 2.05) is 0 Å². The number of aryl methyl sites for hydroxylation is 1. The third-order valence-electron chi connectivity index (χ3n) is 2.65. The van der Waals surface area contributed by atoms with Gasteiger partial charge in [0.05, 0.1) is 0 Å². The second-order valence-electron chi connectivity index (χ2n) is 3.62. The molecule has 2 rings (SSSR count). The zero-order chi connectivity index (χ0) is 10.2. The molecule has 1 aromatic rings. The van der Waals surface area contributed by atoms with Crippen LogP contribution in [-0.4, -0.2) is 11.7 Å². The van der Waals surface area contributed by atoms with Gasteiger partial charge in [0.2, 0.25) is 0 Å². The van der Waals surface area contributed by atoms with Gasteiger partial charge in [0, 0.05) is 15.8 Å². The summed E-state index contributed by atoms with van der Waals surface area (Å²) in [7, 11) is 0. The minimum atomic E-state index is -3.05. The van der Waals surface area contributed by atoms with Crippen LogP contribution in [0.5, 0.6) is 0 Å². The highest BCUT2D eigenvalue weighted by atomic mass is 32.1. The Morgan fingerprint density at radius 3 is 2.79 bits per heavy atom. The maximum absolute atomic E-state index is 13.3. The van der Waals surface area contributed by atoms with Crippen molar-refractivity contribution in [3.63, 3.8) is 0 Å². The molecule has 4 heteroatoms. The SMILES string of the molecule is OCC(F)(F)c1csc2c1CCCC2. The third kappa shape index (κ3) is 1.57. The van der Waals surface area contributed by atoms with Gasteiger partial charge in [0.25, 0.3) is 5.92 Å². The van der Waals surface area contributed by atoms with Gasteiger partial charge in [-0.25, -0.2) is 0 Å². The van der Waals surface area contributed by atoms with Crippen molar-refractivity contribution in [1.82, 2.24) is 0 Å². The molecule has 0 fully saturated rings. The molecule has 0 bridgehead atoms. The molecule has 1 N–H and O–H groups in total. The van der Waals surface area contributed by atoms with Gasteiger partial charge in [-0.1, -0.05) is 0 Å². The van der Waals surface area contributed by atoms with Gasteiger partial charge >= 0.3 is 0 Å². The molecule has 0 aliphatic heterocycles. The first-order valence-corrected chi connectivity index (χ1v) is 5.61. The molecular formula is C10H12F2OS. The van der Waals surface area contributed by atoms with Crippen molar-refractivity contribution < 1.29 is 13.9 Å². The molecule has 1 heterocycles. The van der Waals surface area contributed by atoms with Crippen LogP contribution in [0.15, 0.2) is 5.38 Å². The Labute approximate surface area is 85.4 Å². The van der Waals surface area contributed by atoms with Crippen molar-refractivity contribution in [2.24, 2.45) is 0 Å². The van der Waals surface area contributed by atoms with E-state index in [2.05, 4.69) is 0 Å². The second kappa shape index (κ2) is 3.59. The Bertz CT molecular complexity index is 333. The fourth-order valence-corrected chi connectivity index (χ4v) is 3.08. The number of halogens is 2. The first-order valence-electron chi connectivity index (χ1n) is 4.73. The van der Waals surface area contributed by atoms with Gasteiger partial charge in [-0.3, -0.25) is 0 Å². The quantitative estimate of drug-likeness (QED) is 0.809. The minimum absolute atomic E-state index is 0.0553. The molecule has 1 aromatic heterocycles. The van der Waals surface area contributed by atoms with Gasteiger partial charge in [-0.15, -0.1) is 11.3 Å². The first kappa shape index (κ1) is 10.1.